The minimum absolute atomic E-state index is 0.0407. The third-order valence-electron chi connectivity index (χ3n) is 4.97. The molecular formula is C23H20ClNO2. The van der Waals surface area contributed by atoms with Gasteiger partial charge in [-0.3, -0.25) is 4.79 Å². The summed E-state index contributed by atoms with van der Waals surface area (Å²) in [5, 5.41) is 0.674. The molecule has 0 saturated carbocycles. The van der Waals surface area contributed by atoms with E-state index in [-0.39, 0.29) is 11.9 Å². The number of rotatable bonds is 5. The van der Waals surface area contributed by atoms with Gasteiger partial charge in [-0.05, 0) is 47.9 Å². The molecule has 3 aromatic carbocycles. The van der Waals surface area contributed by atoms with Crippen LogP contribution in [0.5, 0.6) is 5.75 Å². The molecule has 1 aliphatic rings. The Bertz CT molecular complexity index is 968. The summed E-state index contributed by atoms with van der Waals surface area (Å²) in [6, 6.07) is 23.1. The molecule has 0 aromatic heterocycles. The molecule has 1 heterocycles. The van der Waals surface area contributed by atoms with Crippen molar-refractivity contribution < 1.29 is 9.53 Å². The van der Waals surface area contributed by atoms with Crippen LogP contribution in [0.25, 0.3) is 0 Å². The first-order chi connectivity index (χ1) is 13.1. The van der Waals surface area contributed by atoms with Crippen LogP contribution in [0.2, 0.25) is 5.02 Å². The van der Waals surface area contributed by atoms with Gasteiger partial charge in [0.15, 0.2) is 0 Å². The number of ether oxygens (including phenoxy) is 1. The second-order valence-electron chi connectivity index (χ2n) is 6.73. The van der Waals surface area contributed by atoms with Crippen LogP contribution >= 0.6 is 11.6 Å². The molecule has 0 aliphatic carbocycles. The molecule has 0 spiro atoms. The zero-order valence-electron chi connectivity index (χ0n) is 15.1. The first-order valence-electron chi connectivity index (χ1n) is 8.96. The molecule has 0 radical (unpaired) electrons. The molecule has 4 rings (SSSR count). The van der Waals surface area contributed by atoms with Crippen LogP contribution in [0.3, 0.4) is 0 Å². The highest BCUT2D eigenvalue weighted by atomic mass is 35.5. The maximum absolute atomic E-state index is 13.0. The Hall–Kier alpha value is -2.78. The molecule has 0 saturated heterocycles. The number of carbonyl (C=O) groups is 1. The fraction of sp³-hybridized carbons (Fsp3) is 0.174. The molecule has 1 amide bonds. The Kier molecular flexibility index (Phi) is 4.87. The SMILES string of the molecule is Cc1ccccc1OC[C@@H](c1ccc(Cl)cc1)N1Cc2ccccc2C1=O. The fourth-order valence-electron chi connectivity index (χ4n) is 3.47. The highest BCUT2D eigenvalue weighted by molar-refractivity contribution is 6.30. The van der Waals surface area contributed by atoms with Gasteiger partial charge in [0.25, 0.3) is 5.91 Å². The average molecular weight is 378 g/mol. The van der Waals surface area contributed by atoms with Crippen LogP contribution in [0, 0.1) is 6.92 Å². The summed E-state index contributed by atoms with van der Waals surface area (Å²) in [6.07, 6.45) is 0. The van der Waals surface area contributed by atoms with E-state index in [0.717, 1.165) is 28.0 Å². The van der Waals surface area contributed by atoms with Gasteiger partial charge in [0.05, 0.1) is 6.04 Å². The maximum atomic E-state index is 13.0. The molecule has 4 heteroatoms. The summed E-state index contributed by atoms with van der Waals surface area (Å²) < 4.78 is 6.12. The summed E-state index contributed by atoms with van der Waals surface area (Å²) in [7, 11) is 0. The number of amides is 1. The van der Waals surface area contributed by atoms with Crippen LogP contribution < -0.4 is 4.74 Å². The lowest BCUT2D eigenvalue weighted by atomic mass is 10.1. The molecule has 1 aliphatic heterocycles. The van der Waals surface area contributed by atoms with Crippen LogP contribution in [-0.2, 0) is 6.54 Å². The van der Waals surface area contributed by atoms with Crippen molar-refractivity contribution in [3.63, 3.8) is 0 Å². The highest BCUT2D eigenvalue weighted by Crippen LogP contribution is 2.32. The highest BCUT2D eigenvalue weighted by Gasteiger charge is 2.33. The summed E-state index contributed by atoms with van der Waals surface area (Å²) in [5.74, 6) is 0.875. The quantitative estimate of drug-likeness (QED) is 0.593. The molecule has 0 N–H and O–H groups in total. The van der Waals surface area contributed by atoms with Crippen molar-refractivity contribution in [2.75, 3.05) is 6.61 Å². The van der Waals surface area contributed by atoms with E-state index in [4.69, 9.17) is 16.3 Å². The summed E-state index contributed by atoms with van der Waals surface area (Å²) in [6.45, 7) is 2.98. The smallest absolute Gasteiger partial charge is 0.255 e. The van der Waals surface area contributed by atoms with Gasteiger partial charge in [-0.15, -0.1) is 0 Å². The van der Waals surface area contributed by atoms with E-state index in [2.05, 4.69) is 0 Å². The van der Waals surface area contributed by atoms with Crippen molar-refractivity contribution in [3.05, 3.63) is 100 Å². The van der Waals surface area contributed by atoms with Gasteiger partial charge in [0.1, 0.15) is 12.4 Å². The standard InChI is InChI=1S/C23H20ClNO2/c1-16-6-2-5-9-22(16)27-15-21(17-10-12-19(24)13-11-17)25-14-18-7-3-4-8-20(18)23(25)26/h2-13,21H,14-15H2,1H3/t21-/m0/s1. The molecule has 0 fully saturated rings. The molecule has 0 bridgehead atoms. The normalized spacial score (nSPS) is 14.1. The van der Waals surface area contributed by atoms with Crippen LogP contribution in [0.15, 0.2) is 72.8 Å². The largest absolute Gasteiger partial charge is 0.491 e. The van der Waals surface area contributed by atoms with E-state index in [1.54, 1.807) is 0 Å². The van der Waals surface area contributed by atoms with E-state index >= 15 is 0 Å². The van der Waals surface area contributed by atoms with Gasteiger partial charge >= 0.3 is 0 Å². The Balaban J connectivity index is 1.64. The minimum atomic E-state index is -0.193. The number of hydrogen-bond acceptors (Lipinski definition) is 2. The predicted molar refractivity (Wildman–Crippen MR) is 107 cm³/mol. The third kappa shape index (κ3) is 3.56. The summed E-state index contributed by atoms with van der Waals surface area (Å²) in [4.78, 5) is 14.9. The van der Waals surface area contributed by atoms with Crippen molar-refractivity contribution in [1.29, 1.82) is 0 Å². The average Bonchev–Trinajstić information content (AvgIpc) is 3.02. The Morgan fingerprint density at radius 3 is 2.44 bits per heavy atom. The number of fused-ring (bicyclic) bond motifs is 1. The molecule has 3 aromatic rings. The molecule has 1 atom stereocenters. The first-order valence-corrected chi connectivity index (χ1v) is 9.34. The summed E-state index contributed by atoms with van der Waals surface area (Å²) >= 11 is 6.06. The Morgan fingerprint density at radius 2 is 1.70 bits per heavy atom. The van der Waals surface area contributed by atoms with Gasteiger partial charge in [-0.2, -0.15) is 0 Å². The molecule has 0 unspecified atom stereocenters. The van der Waals surface area contributed by atoms with E-state index in [1.165, 1.54) is 0 Å². The van der Waals surface area contributed by atoms with Crippen molar-refractivity contribution in [3.8, 4) is 5.75 Å². The van der Waals surface area contributed by atoms with Gasteiger partial charge in [0.2, 0.25) is 0 Å². The molecule has 3 nitrogen and oxygen atoms in total. The zero-order chi connectivity index (χ0) is 18.8. The number of carbonyl (C=O) groups excluding carboxylic acids is 1. The van der Waals surface area contributed by atoms with Crippen molar-refractivity contribution >= 4 is 17.5 Å². The van der Waals surface area contributed by atoms with Crippen molar-refractivity contribution in [2.24, 2.45) is 0 Å². The van der Waals surface area contributed by atoms with Gasteiger partial charge in [-0.25, -0.2) is 0 Å². The monoisotopic (exact) mass is 377 g/mol. The van der Waals surface area contributed by atoms with Crippen molar-refractivity contribution in [1.82, 2.24) is 4.90 Å². The maximum Gasteiger partial charge on any atom is 0.255 e. The lowest BCUT2D eigenvalue weighted by Gasteiger charge is -2.28. The Morgan fingerprint density at radius 1 is 1.00 bits per heavy atom. The number of aryl methyl sites for hydroxylation is 1. The van der Waals surface area contributed by atoms with E-state index in [0.29, 0.717) is 18.2 Å². The van der Waals surface area contributed by atoms with Crippen molar-refractivity contribution in [2.45, 2.75) is 19.5 Å². The lowest BCUT2D eigenvalue weighted by Crippen LogP contribution is -2.33. The van der Waals surface area contributed by atoms with E-state index in [9.17, 15) is 4.79 Å². The van der Waals surface area contributed by atoms with E-state index < -0.39 is 0 Å². The molecule has 136 valence electrons. The molecular weight excluding hydrogens is 358 g/mol. The lowest BCUT2D eigenvalue weighted by molar-refractivity contribution is 0.0635. The second kappa shape index (κ2) is 7.45. The van der Waals surface area contributed by atoms with Crippen LogP contribution in [0.4, 0.5) is 0 Å². The predicted octanol–water partition coefficient (Wildman–Crippen LogP) is 5.42. The first kappa shape index (κ1) is 17.6. The van der Waals surface area contributed by atoms with E-state index in [1.807, 2.05) is 84.6 Å². The van der Waals surface area contributed by atoms with Gasteiger partial charge in [0, 0.05) is 17.1 Å². The summed E-state index contributed by atoms with van der Waals surface area (Å²) in [5.41, 5.74) is 3.90. The number of nitrogens with zero attached hydrogens (tertiary/aromatic N) is 1. The number of benzene rings is 3. The number of halogens is 1. The topological polar surface area (TPSA) is 29.5 Å². The number of hydrogen-bond donors (Lipinski definition) is 0. The zero-order valence-corrected chi connectivity index (χ0v) is 15.8. The van der Waals surface area contributed by atoms with Crippen LogP contribution in [0.1, 0.15) is 33.1 Å². The van der Waals surface area contributed by atoms with Crippen LogP contribution in [-0.4, -0.2) is 17.4 Å². The van der Waals surface area contributed by atoms with Gasteiger partial charge in [-0.1, -0.05) is 60.1 Å². The minimum Gasteiger partial charge on any atom is -0.491 e. The third-order valence-corrected chi connectivity index (χ3v) is 5.22. The Labute approximate surface area is 164 Å². The van der Waals surface area contributed by atoms with Gasteiger partial charge < -0.3 is 9.64 Å². The second-order valence-corrected chi connectivity index (χ2v) is 7.17. The molecule has 27 heavy (non-hydrogen) atoms. The number of para-hydroxylation sites is 1. The fourth-order valence-corrected chi connectivity index (χ4v) is 3.59.